The third-order valence-electron chi connectivity index (χ3n) is 11.5. The average Bonchev–Trinajstić information content (AvgIpc) is 3.73. The van der Waals surface area contributed by atoms with Crippen molar-refractivity contribution in [3.8, 4) is 11.5 Å². The van der Waals surface area contributed by atoms with Crippen LogP contribution in [0, 0.1) is 16.2 Å². The van der Waals surface area contributed by atoms with Crippen molar-refractivity contribution < 1.29 is 4.42 Å². The second kappa shape index (κ2) is 15.6. The maximum atomic E-state index is 6.33. The normalized spacial score (nSPS) is 16.0. The van der Waals surface area contributed by atoms with E-state index in [1.165, 1.54) is 27.8 Å². The highest BCUT2D eigenvalue weighted by Crippen LogP contribution is 2.41. The number of benzene rings is 4. The zero-order valence-corrected chi connectivity index (χ0v) is 38.4. The predicted octanol–water partition coefficient (Wildman–Crippen LogP) is 15.3. The first-order valence-electron chi connectivity index (χ1n) is 21.5. The summed E-state index contributed by atoms with van der Waals surface area (Å²) >= 11 is 0. The van der Waals surface area contributed by atoms with Crippen LogP contribution in [0.1, 0.15) is 157 Å². The van der Waals surface area contributed by atoms with Crippen LogP contribution in [0.2, 0.25) is 0 Å². The lowest BCUT2D eigenvalue weighted by Crippen LogP contribution is -2.34. The molecule has 1 N–H and O–H groups in total. The number of anilines is 1. The zero-order valence-electron chi connectivity index (χ0n) is 38.4. The third-order valence-corrected chi connectivity index (χ3v) is 11.5. The van der Waals surface area contributed by atoms with Gasteiger partial charge in [0.05, 0.1) is 17.4 Å². The molecule has 5 aromatic rings. The van der Waals surface area contributed by atoms with Gasteiger partial charge in [0.25, 0.3) is 0 Å². The second-order valence-electron chi connectivity index (χ2n) is 22.7. The molecular formula is C54H71N3O. The van der Waals surface area contributed by atoms with Gasteiger partial charge in [-0.25, -0.2) is 4.98 Å². The minimum Gasteiger partial charge on any atom is -0.436 e. The number of hydrogen-bond donors (Lipinski definition) is 1. The molecule has 308 valence electrons. The molecule has 0 saturated carbocycles. The van der Waals surface area contributed by atoms with E-state index >= 15 is 0 Å². The van der Waals surface area contributed by atoms with E-state index in [0.29, 0.717) is 5.89 Å². The summed E-state index contributed by atoms with van der Waals surface area (Å²) in [5.41, 5.74) is 16.0. The van der Waals surface area contributed by atoms with Crippen molar-refractivity contribution in [1.29, 1.82) is 0 Å². The van der Waals surface area contributed by atoms with Gasteiger partial charge in [0.15, 0.2) is 5.58 Å². The van der Waals surface area contributed by atoms with Gasteiger partial charge in [-0.3, -0.25) is 10.4 Å². The number of oxazole rings is 1. The van der Waals surface area contributed by atoms with Crippen LogP contribution in [0.5, 0.6) is 0 Å². The number of nitrogens with zero attached hydrogens (tertiary/aromatic N) is 2. The Kier molecular flexibility index (Phi) is 11.5. The molecule has 0 saturated heterocycles. The van der Waals surface area contributed by atoms with Gasteiger partial charge in [0.2, 0.25) is 5.89 Å². The largest absolute Gasteiger partial charge is 0.436 e. The van der Waals surface area contributed by atoms with Crippen LogP contribution in [0.25, 0.3) is 28.6 Å². The number of hydrogen-bond acceptors (Lipinski definition) is 4. The van der Waals surface area contributed by atoms with Gasteiger partial charge in [-0.15, -0.1) is 0 Å². The first-order valence-corrected chi connectivity index (χ1v) is 21.5. The fourth-order valence-electron chi connectivity index (χ4n) is 9.94. The quantitative estimate of drug-likeness (QED) is 0.145. The molecule has 4 nitrogen and oxygen atoms in total. The minimum atomic E-state index is 0.00468. The summed E-state index contributed by atoms with van der Waals surface area (Å²) < 4.78 is 6.33. The lowest BCUT2D eigenvalue weighted by atomic mass is 9.72. The molecule has 6 rings (SSSR count). The van der Waals surface area contributed by atoms with Crippen LogP contribution >= 0.6 is 0 Å². The molecule has 0 amide bonds. The van der Waals surface area contributed by atoms with Crippen molar-refractivity contribution in [2.75, 3.05) is 5.01 Å². The van der Waals surface area contributed by atoms with Gasteiger partial charge in [-0.2, -0.15) is 0 Å². The summed E-state index contributed by atoms with van der Waals surface area (Å²) in [5.74, 6) is 0.640. The van der Waals surface area contributed by atoms with Crippen LogP contribution in [0.3, 0.4) is 0 Å². The Hall–Kier alpha value is -4.57. The molecule has 0 fully saturated rings. The van der Waals surface area contributed by atoms with Crippen molar-refractivity contribution in [3.63, 3.8) is 0 Å². The maximum Gasteiger partial charge on any atom is 0.227 e. The van der Waals surface area contributed by atoms with Crippen LogP contribution in [-0.2, 0) is 16.2 Å². The third kappa shape index (κ3) is 10.5. The fraction of sp³-hybridized carbons (Fsp3) is 0.463. The molecule has 0 aliphatic carbocycles. The Morgan fingerprint density at radius 2 is 1.05 bits per heavy atom. The van der Waals surface area contributed by atoms with Crippen LogP contribution in [-0.4, -0.2) is 4.98 Å². The van der Waals surface area contributed by atoms with Crippen LogP contribution in [0.15, 0.2) is 113 Å². The number of nitrogens with one attached hydrogen (secondary N) is 1. The van der Waals surface area contributed by atoms with Gasteiger partial charge in [-0.05, 0) is 128 Å². The fourth-order valence-corrected chi connectivity index (χ4v) is 9.94. The van der Waals surface area contributed by atoms with E-state index in [-0.39, 0.29) is 38.5 Å². The molecule has 1 aromatic heterocycles. The first kappa shape index (κ1) is 43.0. The second-order valence-corrected chi connectivity index (χ2v) is 22.7. The van der Waals surface area contributed by atoms with E-state index in [4.69, 9.17) is 9.40 Å². The Labute approximate surface area is 351 Å². The number of fused-ring (bicyclic) bond motifs is 1. The molecule has 1 atom stereocenters. The molecule has 0 radical (unpaired) electrons. The maximum absolute atomic E-state index is 6.33. The van der Waals surface area contributed by atoms with E-state index < -0.39 is 0 Å². The predicted molar refractivity (Wildman–Crippen MR) is 249 cm³/mol. The van der Waals surface area contributed by atoms with Gasteiger partial charge >= 0.3 is 0 Å². The van der Waals surface area contributed by atoms with Crippen molar-refractivity contribution in [3.05, 3.63) is 137 Å². The average molecular weight is 778 g/mol. The van der Waals surface area contributed by atoms with E-state index in [0.717, 1.165) is 47.3 Å². The lowest BCUT2D eigenvalue weighted by Gasteiger charge is -2.33. The monoisotopic (exact) mass is 778 g/mol. The van der Waals surface area contributed by atoms with E-state index in [2.05, 4.69) is 224 Å². The summed E-state index contributed by atoms with van der Waals surface area (Å²) in [4.78, 5) is 4.98. The molecule has 0 spiro atoms. The highest BCUT2D eigenvalue weighted by molar-refractivity contribution is 5.77. The summed E-state index contributed by atoms with van der Waals surface area (Å²) in [7, 11) is 0. The molecular weight excluding hydrogens is 707 g/mol. The van der Waals surface area contributed by atoms with Gasteiger partial charge in [0, 0.05) is 5.56 Å². The summed E-state index contributed by atoms with van der Waals surface area (Å²) in [6.45, 7) is 34.9. The SMILES string of the molecule is CC(C)(C)CC(C)(C)c1ccc(C=CC2=CC(c3ccc(C(C)(C)CC(C)(C)C)cc3)N(c3ccc(-c4nc5cc(C(C)(C)CC(C)(C)C)ccc5o4)cc3)N2)cc1. The first-order chi connectivity index (χ1) is 26.8. The summed E-state index contributed by atoms with van der Waals surface area (Å²) in [5, 5.41) is 2.27. The lowest BCUT2D eigenvalue weighted by molar-refractivity contribution is 0.283. The van der Waals surface area contributed by atoms with Crippen molar-refractivity contribution in [2.24, 2.45) is 16.2 Å². The van der Waals surface area contributed by atoms with Crippen LogP contribution < -0.4 is 10.4 Å². The molecule has 0 bridgehead atoms. The number of rotatable bonds is 11. The smallest absolute Gasteiger partial charge is 0.227 e. The minimum absolute atomic E-state index is 0.00468. The van der Waals surface area contributed by atoms with E-state index in [9.17, 15) is 0 Å². The topological polar surface area (TPSA) is 41.3 Å². The molecule has 4 aromatic carbocycles. The molecule has 4 heteroatoms. The van der Waals surface area contributed by atoms with Gasteiger partial charge < -0.3 is 4.42 Å². The van der Waals surface area contributed by atoms with Crippen molar-refractivity contribution in [2.45, 2.75) is 145 Å². The zero-order chi connectivity index (χ0) is 42.5. The number of hydrazine groups is 1. The highest BCUT2D eigenvalue weighted by Gasteiger charge is 2.31. The van der Waals surface area contributed by atoms with Crippen molar-refractivity contribution in [1.82, 2.24) is 10.4 Å². The Morgan fingerprint density at radius 3 is 1.57 bits per heavy atom. The Morgan fingerprint density at radius 1 is 0.569 bits per heavy atom. The molecule has 1 aliphatic rings. The van der Waals surface area contributed by atoms with Gasteiger partial charge in [0.1, 0.15) is 5.52 Å². The number of aromatic nitrogens is 1. The standard InChI is InChI=1S/C54H71N3O/c1-49(2,3)34-52(10,11)40-23-16-37(17-24-40)18-28-43-33-46(38-19-25-41(26-20-38)53(12,13)35-50(4,5)6)57(56-43)44-29-21-39(22-30-44)48-55-45-32-42(27-31-47(45)58-48)54(14,15)36-51(7,8)9/h16-33,46,56H,34-36H2,1-15H3. The van der Waals surface area contributed by atoms with E-state index in [1.54, 1.807) is 0 Å². The molecule has 58 heavy (non-hydrogen) atoms. The molecule has 1 aliphatic heterocycles. The number of allylic oxidation sites excluding steroid dienone is 1. The Bertz CT molecular complexity index is 2240. The highest BCUT2D eigenvalue weighted by atomic mass is 16.3. The summed E-state index contributed by atoms with van der Waals surface area (Å²) in [6.07, 6.45) is 10.1. The molecule has 1 unspecified atom stereocenters. The summed E-state index contributed by atoms with van der Waals surface area (Å²) in [6, 6.07) is 33.4. The molecule has 2 heterocycles. The van der Waals surface area contributed by atoms with Crippen molar-refractivity contribution >= 4 is 22.9 Å². The Balaban J connectivity index is 1.27. The van der Waals surface area contributed by atoms with Gasteiger partial charge in [-0.1, -0.05) is 165 Å². The van der Waals surface area contributed by atoms with E-state index in [1.807, 2.05) is 0 Å². The van der Waals surface area contributed by atoms with Crippen LogP contribution in [0.4, 0.5) is 5.69 Å².